The predicted octanol–water partition coefficient (Wildman–Crippen LogP) is 4.50. The second-order valence-electron chi connectivity index (χ2n) is 7.80. The molecule has 2 amide bonds. The summed E-state index contributed by atoms with van der Waals surface area (Å²) in [6, 6.07) is 24.3. The van der Waals surface area contributed by atoms with Gasteiger partial charge in [-0.05, 0) is 51.3 Å². The van der Waals surface area contributed by atoms with Crippen molar-refractivity contribution in [2.75, 3.05) is 12.2 Å². The molecule has 2 saturated heterocycles. The molecule has 0 aromatic heterocycles. The number of ether oxygens (including phenoxy) is 1. The van der Waals surface area contributed by atoms with E-state index in [1.54, 1.807) is 12.2 Å². The van der Waals surface area contributed by atoms with Crippen molar-refractivity contribution in [2.24, 2.45) is 5.92 Å². The van der Waals surface area contributed by atoms with Crippen LogP contribution in [0.3, 0.4) is 0 Å². The summed E-state index contributed by atoms with van der Waals surface area (Å²) in [5.41, 5.74) is 2.55. The van der Waals surface area contributed by atoms with Crippen LogP contribution in [-0.2, 0) is 21.0 Å². The molecule has 3 aromatic rings. The zero-order valence-electron chi connectivity index (χ0n) is 17.4. The van der Waals surface area contributed by atoms with Crippen molar-refractivity contribution in [3.05, 3.63) is 94.5 Å². The fourth-order valence-corrected chi connectivity index (χ4v) is 4.96. The Labute approximate surface area is 194 Å². The van der Waals surface area contributed by atoms with E-state index in [0.717, 1.165) is 21.3 Å². The number of hydroxylamine groups is 1. The minimum atomic E-state index is -0.864. The number of hydrogen-bond donors (Lipinski definition) is 0. The van der Waals surface area contributed by atoms with E-state index in [0.29, 0.717) is 5.75 Å². The molecular formula is C25H21BrN2O4. The van der Waals surface area contributed by atoms with Crippen molar-refractivity contribution in [1.82, 2.24) is 4.90 Å². The summed E-state index contributed by atoms with van der Waals surface area (Å²) >= 11 is 3.54. The maximum atomic E-state index is 13.5. The van der Waals surface area contributed by atoms with Gasteiger partial charge < -0.3 is 4.74 Å². The van der Waals surface area contributed by atoms with Gasteiger partial charge in [0.2, 0.25) is 5.91 Å². The highest BCUT2D eigenvalue weighted by atomic mass is 79.9. The molecule has 0 bridgehead atoms. The third kappa shape index (κ3) is 3.47. The van der Waals surface area contributed by atoms with E-state index in [-0.39, 0.29) is 18.4 Å². The maximum Gasteiger partial charge on any atom is 0.262 e. The van der Waals surface area contributed by atoms with Gasteiger partial charge in [-0.1, -0.05) is 54.6 Å². The summed E-state index contributed by atoms with van der Waals surface area (Å²) < 4.78 is 6.13. The fraction of sp³-hybridized carbons (Fsp3) is 0.200. The van der Waals surface area contributed by atoms with Gasteiger partial charge in [0, 0.05) is 0 Å². The number of fused-ring (bicyclic) bond motifs is 1. The number of hydrogen-bond acceptors (Lipinski definition) is 5. The van der Waals surface area contributed by atoms with E-state index in [1.165, 1.54) is 4.90 Å². The predicted molar refractivity (Wildman–Crippen MR) is 123 cm³/mol. The third-order valence-electron chi connectivity index (χ3n) is 5.92. The first-order chi connectivity index (χ1) is 15.6. The third-order valence-corrected chi connectivity index (χ3v) is 6.54. The van der Waals surface area contributed by atoms with Gasteiger partial charge in [-0.25, -0.2) is 5.06 Å². The van der Waals surface area contributed by atoms with Gasteiger partial charge in [0.05, 0.1) is 29.9 Å². The van der Waals surface area contributed by atoms with Crippen LogP contribution in [0.25, 0.3) is 0 Å². The topological polar surface area (TPSA) is 59.1 Å². The Morgan fingerprint density at radius 1 is 0.938 bits per heavy atom. The first-order valence-corrected chi connectivity index (χ1v) is 11.1. The van der Waals surface area contributed by atoms with Crippen LogP contribution in [0.2, 0.25) is 0 Å². The van der Waals surface area contributed by atoms with Crippen LogP contribution in [0, 0.1) is 5.92 Å². The van der Waals surface area contributed by atoms with E-state index in [9.17, 15) is 9.59 Å². The molecule has 6 nitrogen and oxygen atoms in total. The molecule has 7 heteroatoms. The molecule has 5 rings (SSSR count). The van der Waals surface area contributed by atoms with Crippen LogP contribution in [0.1, 0.15) is 17.2 Å². The van der Waals surface area contributed by atoms with Gasteiger partial charge in [-0.2, -0.15) is 0 Å². The number of carbonyl (C=O) groups is 2. The lowest BCUT2D eigenvalue weighted by Gasteiger charge is -2.29. The summed E-state index contributed by atoms with van der Waals surface area (Å²) in [5, 5.41) is 1.69. The van der Waals surface area contributed by atoms with Gasteiger partial charge in [-0.15, -0.1) is 0 Å². The van der Waals surface area contributed by atoms with E-state index in [1.807, 2.05) is 78.9 Å². The molecule has 0 radical (unpaired) electrons. The van der Waals surface area contributed by atoms with Gasteiger partial charge in [0.15, 0.2) is 6.10 Å². The molecule has 3 atom stereocenters. The highest BCUT2D eigenvalue weighted by Gasteiger charge is 2.59. The molecule has 32 heavy (non-hydrogen) atoms. The molecule has 0 saturated carbocycles. The Kier molecular flexibility index (Phi) is 5.45. The van der Waals surface area contributed by atoms with Crippen molar-refractivity contribution in [3.8, 4) is 5.75 Å². The van der Waals surface area contributed by atoms with Crippen molar-refractivity contribution in [3.63, 3.8) is 0 Å². The second kappa shape index (κ2) is 8.41. The molecule has 2 aliphatic heterocycles. The summed E-state index contributed by atoms with van der Waals surface area (Å²) in [6.45, 7) is 0.235. The van der Waals surface area contributed by atoms with Gasteiger partial charge in [0.1, 0.15) is 11.7 Å². The smallest absolute Gasteiger partial charge is 0.262 e. The molecular weight excluding hydrogens is 472 g/mol. The Morgan fingerprint density at radius 3 is 2.28 bits per heavy atom. The minimum absolute atomic E-state index is 0.223. The summed E-state index contributed by atoms with van der Waals surface area (Å²) in [7, 11) is 1.60. The highest BCUT2D eigenvalue weighted by molar-refractivity contribution is 9.10. The Hall–Kier alpha value is -3.16. The van der Waals surface area contributed by atoms with Crippen molar-refractivity contribution >= 4 is 33.4 Å². The average molecular weight is 493 g/mol. The molecule has 0 N–H and O–H groups in total. The Bertz CT molecular complexity index is 1160. The van der Waals surface area contributed by atoms with Crippen LogP contribution >= 0.6 is 15.9 Å². The molecule has 0 spiro atoms. The lowest BCUT2D eigenvalue weighted by molar-refractivity contribution is -0.143. The van der Waals surface area contributed by atoms with Crippen LogP contribution in [-0.4, -0.2) is 29.9 Å². The molecule has 0 aliphatic carbocycles. The SMILES string of the molecule is COc1ccc([C@@H]2[C@@H]3C(=O)N(Cc4ccccc4)C(=O)[C@H]3ON2c2ccccc2)cc1Br. The molecule has 2 heterocycles. The molecule has 162 valence electrons. The molecule has 3 aromatic carbocycles. The Morgan fingerprint density at radius 2 is 1.62 bits per heavy atom. The number of halogens is 1. The monoisotopic (exact) mass is 492 g/mol. The van der Waals surface area contributed by atoms with E-state index in [4.69, 9.17) is 9.57 Å². The highest BCUT2D eigenvalue weighted by Crippen LogP contribution is 2.47. The lowest BCUT2D eigenvalue weighted by Crippen LogP contribution is -2.36. The van der Waals surface area contributed by atoms with Crippen LogP contribution in [0.4, 0.5) is 5.69 Å². The average Bonchev–Trinajstić information content (AvgIpc) is 3.32. The van der Waals surface area contributed by atoms with E-state index in [2.05, 4.69) is 15.9 Å². The lowest BCUT2D eigenvalue weighted by atomic mass is 9.90. The van der Waals surface area contributed by atoms with E-state index >= 15 is 0 Å². The van der Waals surface area contributed by atoms with Gasteiger partial charge >= 0.3 is 0 Å². The minimum Gasteiger partial charge on any atom is -0.496 e. The summed E-state index contributed by atoms with van der Waals surface area (Å²) in [6.07, 6.45) is -0.864. The number of nitrogens with zero attached hydrogens (tertiary/aromatic N) is 2. The molecule has 0 unspecified atom stereocenters. The van der Waals surface area contributed by atoms with Crippen LogP contribution in [0.15, 0.2) is 83.3 Å². The van der Waals surface area contributed by atoms with Crippen LogP contribution < -0.4 is 9.80 Å². The normalized spacial score (nSPS) is 22.4. The number of amides is 2. The first-order valence-electron chi connectivity index (χ1n) is 10.3. The summed E-state index contributed by atoms with van der Waals surface area (Å²) in [5.74, 6) is -0.485. The second-order valence-corrected chi connectivity index (χ2v) is 8.65. The number of likely N-dealkylation sites (tertiary alicyclic amines) is 1. The number of carbonyl (C=O) groups excluding carboxylic acids is 2. The van der Waals surface area contributed by atoms with Gasteiger partial charge in [0.25, 0.3) is 5.91 Å². The molecule has 2 fully saturated rings. The fourth-order valence-electron chi connectivity index (χ4n) is 4.40. The molecule has 2 aliphatic rings. The quantitative estimate of drug-likeness (QED) is 0.490. The largest absolute Gasteiger partial charge is 0.496 e. The zero-order chi connectivity index (χ0) is 22.2. The number of rotatable bonds is 5. The van der Waals surface area contributed by atoms with Crippen molar-refractivity contribution in [2.45, 2.75) is 18.7 Å². The number of imide groups is 1. The summed E-state index contributed by atoms with van der Waals surface area (Å²) in [4.78, 5) is 34.3. The zero-order valence-corrected chi connectivity index (χ0v) is 18.9. The number of methoxy groups -OCH3 is 1. The number of para-hydroxylation sites is 1. The number of anilines is 1. The van der Waals surface area contributed by atoms with Crippen molar-refractivity contribution < 1.29 is 19.2 Å². The maximum absolute atomic E-state index is 13.5. The number of benzene rings is 3. The van der Waals surface area contributed by atoms with Crippen LogP contribution in [0.5, 0.6) is 5.75 Å². The first kappa shape index (κ1) is 20.7. The van der Waals surface area contributed by atoms with E-state index < -0.39 is 18.1 Å². The van der Waals surface area contributed by atoms with Gasteiger partial charge in [-0.3, -0.25) is 19.3 Å². The standard InChI is InChI=1S/C25H21BrN2O4/c1-31-20-13-12-17(14-19(20)26)22-21-23(32-28(22)18-10-6-3-7-11-18)25(30)27(24(21)29)15-16-8-4-2-5-9-16/h2-14,21-23H,15H2,1H3/t21-,22+,23-/m0/s1. The van der Waals surface area contributed by atoms with Crippen molar-refractivity contribution in [1.29, 1.82) is 0 Å². The Balaban J connectivity index is 1.54.